The minimum atomic E-state index is -0.473. The molecule has 26 heavy (non-hydrogen) atoms. The van der Waals surface area contributed by atoms with Gasteiger partial charge in [0.1, 0.15) is 0 Å². The molecule has 2 aromatic carbocycles. The lowest BCUT2D eigenvalue weighted by Crippen LogP contribution is -2.15. The van der Waals surface area contributed by atoms with Crippen molar-refractivity contribution in [1.29, 1.82) is 0 Å². The monoisotopic (exact) mass is 348 g/mol. The number of hydrogen-bond donors (Lipinski definition) is 1. The maximum absolute atomic E-state index is 12.3. The van der Waals surface area contributed by atoms with Crippen LogP contribution >= 0.6 is 0 Å². The number of ether oxygens (including phenoxy) is 1. The second-order valence-corrected chi connectivity index (χ2v) is 5.96. The fraction of sp³-hybridized carbons (Fsp3) is 0.190. The van der Waals surface area contributed by atoms with Crippen molar-refractivity contribution >= 4 is 28.3 Å². The van der Waals surface area contributed by atoms with Crippen molar-refractivity contribution in [3.8, 4) is 0 Å². The SMILES string of the molecule is COC(=O)c1cc2ccccc2cc1NC(=O)CCCc1ccccn1. The first-order chi connectivity index (χ1) is 12.7. The molecule has 3 rings (SSSR count). The van der Waals surface area contributed by atoms with Crippen LogP contribution in [0.3, 0.4) is 0 Å². The molecule has 0 aliphatic carbocycles. The Morgan fingerprint density at radius 2 is 1.77 bits per heavy atom. The average Bonchev–Trinajstić information content (AvgIpc) is 2.67. The van der Waals surface area contributed by atoms with Crippen LogP contribution in [-0.4, -0.2) is 24.0 Å². The van der Waals surface area contributed by atoms with Gasteiger partial charge in [0.25, 0.3) is 0 Å². The molecular weight excluding hydrogens is 328 g/mol. The van der Waals surface area contributed by atoms with Crippen molar-refractivity contribution in [2.75, 3.05) is 12.4 Å². The molecule has 0 unspecified atom stereocenters. The van der Waals surface area contributed by atoms with Gasteiger partial charge in [-0.3, -0.25) is 9.78 Å². The van der Waals surface area contributed by atoms with Gasteiger partial charge >= 0.3 is 5.97 Å². The van der Waals surface area contributed by atoms with Crippen LogP contribution in [0.15, 0.2) is 60.8 Å². The molecule has 0 saturated heterocycles. The summed E-state index contributed by atoms with van der Waals surface area (Å²) in [5.74, 6) is -0.610. The first-order valence-corrected chi connectivity index (χ1v) is 8.48. The van der Waals surface area contributed by atoms with Crippen LogP contribution < -0.4 is 5.32 Å². The van der Waals surface area contributed by atoms with Gasteiger partial charge in [0.2, 0.25) is 5.91 Å². The highest BCUT2D eigenvalue weighted by Crippen LogP contribution is 2.25. The van der Waals surface area contributed by atoms with Crippen LogP contribution in [-0.2, 0) is 16.0 Å². The van der Waals surface area contributed by atoms with Gasteiger partial charge in [-0.15, -0.1) is 0 Å². The van der Waals surface area contributed by atoms with E-state index in [4.69, 9.17) is 4.74 Å². The number of carbonyl (C=O) groups excluding carboxylic acids is 2. The van der Waals surface area contributed by atoms with Crippen LogP contribution in [0.5, 0.6) is 0 Å². The summed E-state index contributed by atoms with van der Waals surface area (Å²) in [6, 6.07) is 17.0. The molecule has 132 valence electrons. The molecule has 1 amide bonds. The average molecular weight is 348 g/mol. The summed E-state index contributed by atoms with van der Waals surface area (Å²) >= 11 is 0. The van der Waals surface area contributed by atoms with Gasteiger partial charge in [0, 0.05) is 18.3 Å². The Balaban J connectivity index is 1.72. The molecule has 0 aliphatic heterocycles. The Labute approximate surface area is 152 Å². The zero-order chi connectivity index (χ0) is 18.4. The maximum Gasteiger partial charge on any atom is 0.339 e. The zero-order valence-electron chi connectivity index (χ0n) is 14.6. The summed E-state index contributed by atoms with van der Waals surface area (Å²) in [5.41, 5.74) is 1.78. The molecule has 1 heterocycles. The fourth-order valence-electron chi connectivity index (χ4n) is 2.81. The van der Waals surface area contributed by atoms with Crippen LogP contribution in [0.25, 0.3) is 10.8 Å². The molecule has 3 aromatic rings. The van der Waals surface area contributed by atoms with Crippen molar-refractivity contribution in [3.63, 3.8) is 0 Å². The topological polar surface area (TPSA) is 68.3 Å². The quantitative estimate of drug-likeness (QED) is 0.684. The van der Waals surface area contributed by atoms with Gasteiger partial charge < -0.3 is 10.1 Å². The second-order valence-electron chi connectivity index (χ2n) is 5.96. The Morgan fingerprint density at radius 1 is 1.04 bits per heavy atom. The number of benzene rings is 2. The van der Waals surface area contributed by atoms with Crippen LogP contribution in [0.4, 0.5) is 5.69 Å². The Hall–Kier alpha value is -3.21. The van der Waals surface area contributed by atoms with E-state index in [1.807, 2.05) is 42.5 Å². The highest BCUT2D eigenvalue weighted by molar-refractivity contribution is 6.05. The number of pyridine rings is 1. The summed E-state index contributed by atoms with van der Waals surface area (Å²) < 4.78 is 4.85. The number of anilines is 1. The number of nitrogens with zero attached hydrogens (tertiary/aromatic N) is 1. The van der Waals surface area contributed by atoms with Gasteiger partial charge in [0.15, 0.2) is 0 Å². The third kappa shape index (κ3) is 4.25. The standard InChI is InChI=1S/C21H20N2O3/c1-26-21(25)18-13-15-7-2-3-8-16(15)14-19(18)23-20(24)11-6-10-17-9-4-5-12-22-17/h2-5,7-9,12-14H,6,10-11H2,1H3,(H,23,24). The number of aromatic nitrogens is 1. The van der Waals surface area contributed by atoms with E-state index in [0.717, 1.165) is 22.9 Å². The summed E-state index contributed by atoms with van der Waals surface area (Å²) in [4.78, 5) is 28.6. The molecule has 0 aliphatic rings. The smallest absolute Gasteiger partial charge is 0.339 e. The van der Waals surface area contributed by atoms with E-state index in [-0.39, 0.29) is 5.91 Å². The van der Waals surface area contributed by atoms with Crippen LogP contribution in [0, 0.1) is 0 Å². The predicted molar refractivity (Wildman–Crippen MR) is 101 cm³/mol. The van der Waals surface area contributed by atoms with E-state index >= 15 is 0 Å². The van der Waals surface area contributed by atoms with E-state index in [1.54, 1.807) is 18.3 Å². The number of esters is 1. The van der Waals surface area contributed by atoms with E-state index in [1.165, 1.54) is 7.11 Å². The molecule has 1 aromatic heterocycles. The fourth-order valence-corrected chi connectivity index (χ4v) is 2.81. The molecule has 0 saturated carbocycles. The van der Waals surface area contributed by atoms with Gasteiger partial charge in [-0.25, -0.2) is 4.79 Å². The number of hydrogen-bond acceptors (Lipinski definition) is 4. The van der Waals surface area contributed by atoms with Crippen molar-refractivity contribution in [1.82, 2.24) is 4.98 Å². The Bertz CT molecular complexity index is 923. The van der Waals surface area contributed by atoms with Gasteiger partial charge in [0.05, 0.1) is 18.4 Å². The molecule has 0 fully saturated rings. The molecule has 0 bridgehead atoms. The van der Waals surface area contributed by atoms with Crippen molar-refractivity contribution in [2.24, 2.45) is 0 Å². The van der Waals surface area contributed by atoms with E-state index in [2.05, 4.69) is 10.3 Å². The molecule has 0 radical (unpaired) electrons. The lowest BCUT2D eigenvalue weighted by molar-refractivity contribution is -0.116. The van der Waals surface area contributed by atoms with Crippen LogP contribution in [0.1, 0.15) is 28.9 Å². The predicted octanol–water partition coefficient (Wildman–Crippen LogP) is 3.98. The van der Waals surface area contributed by atoms with E-state index in [9.17, 15) is 9.59 Å². The molecule has 5 nitrogen and oxygen atoms in total. The van der Waals surface area contributed by atoms with Crippen molar-refractivity contribution in [2.45, 2.75) is 19.3 Å². The number of nitrogens with one attached hydrogen (secondary N) is 1. The lowest BCUT2D eigenvalue weighted by atomic mass is 10.0. The molecular formula is C21H20N2O3. The van der Waals surface area contributed by atoms with E-state index in [0.29, 0.717) is 24.1 Å². The highest BCUT2D eigenvalue weighted by Gasteiger charge is 2.15. The largest absolute Gasteiger partial charge is 0.465 e. The number of amides is 1. The Kier molecular flexibility index (Phi) is 5.59. The number of carbonyl (C=O) groups is 2. The van der Waals surface area contributed by atoms with Crippen molar-refractivity contribution in [3.05, 3.63) is 72.1 Å². The van der Waals surface area contributed by atoms with E-state index < -0.39 is 5.97 Å². The summed E-state index contributed by atoms with van der Waals surface area (Å²) in [5, 5.41) is 4.71. The minimum Gasteiger partial charge on any atom is -0.465 e. The van der Waals surface area contributed by atoms with Crippen LogP contribution in [0.2, 0.25) is 0 Å². The highest BCUT2D eigenvalue weighted by atomic mass is 16.5. The van der Waals surface area contributed by atoms with Gasteiger partial charge in [-0.1, -0.05) is 30.3 Å². The number of methoxy groups -OCH3 is 1. The first-order valence-electron chi connectivity index (χ1n) is 8.48. The molecule has 0 spiro atoms. The third-order valence-corrected chi connectivity index (χ3v) is 4.13. The zero-order valence-corrected chi connectivity index (χ0v) is 14.6. The summed E-state index contributed by atoms with van der Waals surface area (Å²) in [7, 11) is 1.33. The number of aryl methyl sites for hydroxylation is 1. The van der Waals surface area contributed by atoms with Gasteiger partial charge in [-0.2, -0.15) is 0 Å². The molecule has 0 atom stereocenters. The summed E-state index contributed by atoms with van der Waals surface area (Å²) in [6.45, 7) is 0. The van der Waals surface area contributed by atoms with Crippen molar-refractivity contribution < 1.29 is 14.3 Å². The Morgan fingerprint density at radius 3 is 2.46 bits per heavy atom. The number of rotatable bonds is 6. The number of fused-ring (bicyclic) bond motifs is 1. The lowest BCUT2D eigenvalue weighted by Gasteiger charge is -2.11. The molecule has 5 heteroatoms. The third-order valence-electron chi connectivity index (χ3n) is 4.13. The minimum absolute atomic E-state index is 0.138. The normalized spacial score (nSPS) is 10.5. The molecule has 1 N–H and O–H groups in total. The second kappa shape index (κ2) is 8.25. The first kappa shape index (κ1) is 17.6. The summed E-state index contributed by atoms with van der Waals surface area (Å²) in [6.07, 6.45) is 3.51. The maximum atomic E-state index is 12.3. The van der Waals surface area contributed by atoms with Gasteiger partial charge in [-0.05, 0) is 47.9 Å².